The van der Waals surface area contributed by atoms with Crippen molar-refractivity contribution in [3.05, 3.63) is 35.4 Å². The van der Waals surface area contributed by atoms with Gasteiger partial charge in [-0.15, -0.1) is 0 Å². The first-order valence-electron chi connectivity index (χ1n) is 13.2. The molecule has 37 heavy (non-hydrogen) atoms. The molecule has 1 saturated heterocycles. The summed E-state index contributed by atoms with van der Waals surface area (Å²) in [5, 5.41) is 17.6. The fraction of sp³-hybridized carbons (Fsp3) is 0.607. The number of ether oxygens (including phenoxy) is 1. The van der Waals surface area contributed by atoms with Gasteiger partial charge in [0.1, 0.15) is 24.2 Å². The normalized spacial score (nSPS) is 25.1. The largest absolute Gasteiger partial charge is 0.460 e. The SMILES string of the molecule is CCCC[C@H](C)[C@@H]1CC(=O)N[C@H](Cc2ccccc2C#N)C(=O)N[C@@H](C)C(=O)N[C@H]([C@@H](C)CC)C(=O)O1. The number of nitrogens with zero attached hydrogens (tertiary/aromatic N) is 1. The van der Waals surface area contributed by atoms with E-state index in [0.717, 1.165) is 19.3 Å². The van der Waals surface area contributed by atoms with Crippen molar-refractivity contribution in [1.82, 2.24) is 16.0 Å². The average Bonchev–Trinajstić information content (AvgIpc) is 2.88. The minimum absolute atomic E-state index is 0.0704. The predicted molar refractivity (Wildman–Crippen MR) is 139 cm³/mol. The van der Waals surface area contributed by atoms with Gasteiger partial charge < -0.3 is 20.7 Å². The zero-order valence-corrected chi connectivity index (χ0v) is 22.5. The van der Waals surface area contributed by atoms with Crippen LogP contribution in [-0.4, -0.2) is 47.9 Å². The average molecular weight is 513 g/mol. The Morgan fingerprint density at radius 2 is 1.73 bits per heavy atom. The van der Waals surface area contributed by atoms with Crippen LogP contribution in [0.1, 0.15) is 77.8 Å². The van der Waals surface area contributed by atoms with Gasteiger partial charge in [0, 0.05) is 6.42 Å². The first kappa shape index (κ1) is 29.8. The maximum Gasteiger partial charge on any atom is 0.329 e. The molecular formula is C28H40N4O5. The van der Waals surface area contributed by atoms with Crippen molar-refractivity contribution in [2.45, 2.75) is 97.4 Å². The van der Waals surface area contributed by atoms with Crippen molar-refractivity contribution in [2.75, 3.05) is 0 Å². The van der Waals surface area contributed by atoms with Crippen LogP contribution in [0.5, 0.6) is 0 Å². The van der Waals surface area contributed by atoms with E-state index in [9.17, 15) is 24.4 Å². The lowest BCUT2D eigenvalue weighted by molar-refractivity contribution is -0.158. The van der Waals surface area contributed by atoms with Crippen LogP contribution in [-0.2, 0) is 30.3 Å². The van der Waals surface area contributed by atoms with Crippen LogP contribution in [0.15, 0.2) is 24.3 Å². The third-order valence-electron chi connectivity index (χ3n) is 7.03. The van der Waals surface area contributed by atoms with Gasteiger partial charge in [-0.2, -0.15) is 5.26 Å². The maximum absolute atomic E-state index is 13.2. The number of rotatable bonds is 8. The molecule has 0 unspecified atom stereocenters. The summed E-state index contributed by atoms with van der Waals surface area (Å²) in [6.07, 6.45) is 2.50. The van der Waals surface area contributed by atoms with Gasteiger partial charge in [0.25, 0.3) is 0 Å². The van der Waals surface area contributed by atoms with Gasteiger partial charge in [-0.1, -0.05) is 65.2 Å². The lowest BCUT2D eigenvalue weighted by atomic mass is 9.94. The van der Waals surface area contributed by atoms with Crippen LogP contribution in [0, 0.1) is 23.2 Å². The first-order valence-corrected chi connectivity index (χ1v) is 13.2. The number of amides is 3. The zero-order valence-electron chi connectivity index (χ0n) is 22.5. The van der Waals surface area contributed by atoms with E-state index >= 15 is 0 Å². The summed E-state index contributed by atoms with van der Waals surface area (Å²) in [5.41, 5.74) is 0.998. The van der Waals surface area contributed by atoms with Crippen molar-refractivity contribution < 1.29 is 23.9 Å². The van der Waals surface area contributed by atoms with Gasteiger partial charge in [0.05, 0.1) is 18.1 Å². The lowest BCUT2D eigenvalue weighted by Crippen LogP contribution is -2.55. The van der Waals surface area contributed by atoms with Gasteiger partial charge in [-0.05, 0) is 36.8 Å². The zero-order chi connectivity index (χ0) is 27.5. The number of nitrogens with one attached hydrogen (secondary N) is 3. The van der Waals surface area contributed by atoms with Gasteiger partial charge in [-0.3, -0.25) is 14.4 Å². The Bertz CT molecular complexity index is 1000. The molecule has 0 spiro atoms. The topological polar surface area (TPSA) is 137 Å². The third kappa shape index (κ3) is 8.59. The van der Waals surface area contributed by atoms with E-state index in [2.05, 4.69) is 28.9 Å². The molecule has 0 saturated carbocycles. The summed E-state index contributed by atoms with van der Waals surface area (Å²) in [7, 11) is 0. The molecule has 1 aliphatic rings. The maximum atomic E-state index is 13.2. The number of carbonyl (C=O) groups excluding carboxylic acids is 4. The summed E-state index contributed by atoms with van der Waals surface area (Å²) in [5.74, 6) is -2.40. The van der Waals surface area contributed by atoms with Crippen LogP contribution >= 0.6 is 0 Å². The molecule has 6 atom stereocenters. The van der Waals surface area contributed by atoms with Crippen LogP contribution in [0.4, 0.5) is 0 Å². The van der Waals surface area contributed by atoms with Crippen LogP contribution in [0.3, 0.4) is 0 Å². The number of benzene rings is 1. The third-order valence-corrected chi connectivity index (χ3v) is 7.03. The number of nitriles is 1. The first-order chi connectivity index (χ1) is 17.6. The van der Waals surface area contributed by atoms with Crippen LogP contribution in [0.2, 0.25) is 0 Å². The van der Waals surface area contributed by atoms with Crippen molar-refractivity contribution in [2.24, 2.45) is 11.8 Å². The predicted octanol–water partition coefficient (Wildman–Crippen LogP) is 2.76. The highest BCUT2D eigenvalue weighted by Crippen LogP contribution is 2.21. The van der Waals surface area contributed by atoms with Crippen molar-refractivity contribution in [3.63, 3.8) is 0 Å². The van der Waals surface area contributed by atoms with Gasteiger partial charge in [0.15, 0.2) is 0 Å². The monoisotopic (exact) mass is 512 g/mol. The standard InChI is InChI=1S/C28H40N4O5/c1-6-8-11-18(4)23-15-24(33)31-22(14-20-12-9-10-13-21(20)16-29)27(35)30-19(5)26(34)32-25(17(3)7-2)28(36)37-23/h9-10,12-13,17-19,22-23,25H,6-8,11,14-15H2,1-5H3,(H,30,35)(H,31,33)(H,32,34)/t17-,18-,19-,22+,23-,25+/m0/s1. The fourth-order valence-corrected chi connectivity index (χ4v) is 4.29. The highest BCUT2D eigenvalue weighted by Gasteiger charge is 2.35. The van der Waals surface area contributed by atoms with E-state index in [4.69, 9.17) is 4.74 Å². The van der Waals surface area contributed by atoms with Gasteiger partial charge in [-0.25, -0.2) is 4.79 Å². The Morgan fingerprint density at radius 1 is 1.03 bits per heavy atom. The number of unbranched alkanes of at least 4 members (excludes halogenated alkanes) is 1. The molecule has 1 aromatic carbocycles. The number of esters is 1. The molecule has 9 nitrogen and oxygen atoms in total. The fourth-order valence-electron chi connectivity index (χ4n) is 4.29. The number of hydrogen-bond donors (Lipinski definition) is 3. The minimum atomic E-state index is -1.02. The molecule has 202 valence electrons. The van der Waals surface area contributed by atoms with Crippen molar-refractivity contribution >= 4 is 23.7 Å². The Morgan fingerprint density at radius 3 is 2.38 bits per heavy atom. The molecule has 1 aromatic rings. The molecule has 0 aromatic heterocycles. The highest BCUT2D eigenvalue weighted by atomic mass is 16.5. The minimum Gasteiger partial charge on any atom is -0.460 e. The summed E-state index contributed by atoms with van der Waals surface area (Å²) >= 11 is 0. The highest BCUT2D eigenvalue weighted by molar-refractivity contribution is 5.94. The Hall–Kier alpha value is -3.41. The number of carbonyl (C=O) groups is 4. The lowest BCUT2D eigenvalue weighted by Gasteiger charge is -2.29. The van der Waals surface area contributed by atoms with Gasteiger partial charge >= 0.3 is 5.97 Å². The second-order valence-electron chi connectivity index (χ2n) is 9.99. The van der Waals surface area contributed by atoms with E-state index in [0.29, 0.717) is 17.5 Å². The molecule has 3 amide bonds. The molecule has 9 heteroatoms. The van der Waals surface area contributed by atoms with E-state index in [1.807, 2.05) is 20.8 Å². The van der Waals surface area contributed by atoms with Gasteiger partial charge in [0.2, 0.25) is 17.7 Å². The molecule has 0 bridgehead atoms. The van der Waals surface area contributed by atoms with Crippen LogP contribution in [0.25, 0.3) is 0 Å². The molecule has 0 aliphatic carbocycles. The van der Waals surface area contributed by atoms with E-state index in [1.54, 1.807) is 24.3 Å². The number of cyclic esters (lactones) is 1. The second kappa shape index (κ2) is 14.4. The quantitative estimate of drug-likeness (QED) is 0.458. The number of hydrogen-bond acceptors (Lipinski definition) is 6. The summed E-state index contributed by atoms with van der Waals surface area (Å²) in [6, 6.07) is 6.07. The molecular weight excluding hydrogens is 472 g/mol. The molecule has 1 heterocycles. The molecule has 0 radical (unpaired) electrons. The smallest absolute Gasteiger partial charge is 0.329 e. The molecule has 1 aliphatic heterocycles. The summed E-state index contributed by atoms with van der Waals surface area (Å²) in [6.45, 7) is 9.27. The molecule has 2 rings (SSSR count). The van der Waals surface area contributed by atoms with Crippen molar-refractivity contribution in [1.29, 1.82) is 5.26 Å². The molecule has 1 fully saturated rings. The van der Waals surface area contributed by atoms with E-state index in [1.165, 1.54) is 6.92 Å². The Labute approximate surface area is 219 Å². The van der Waals surface area contributed by atoms with E-state index in [-0.39, 0.29) is 24.7 Å². The molecule has 3 N–H and O–H groups in total. The second-order valence-corrected chi connectivity index (χ2v) is 9.99. The Balaban J connectivity index is 2.42. The van der Waals surface area contributed by atoms with E-state index < -0.39 is 47.9 Å². The summed E-state index contributed by atoms with van der Waals surface area (Å²) < 4.78 is 5.87. The Kier molecular flexibility index (Phi) is 11.6. The van der Waals surface area contributed by atoms with Crippen molar-refractivity contribution in [3.8, 4) is 6.07 Å². The van der Waals surface area contributed by atoms with Crippen LogP contribution < -0.4 is 16.0 Å². The summed E-state index contributed by atoms with van der Waals surface area (Å²) in [4.78, 5) is 52.6.